The largest absolute Gasteiger partial charge is 0.478 e. The molecule has 0 saturated heterocycles. The molecule has 0 bridgehead atoms. The Hall–Kier alpha value is -1.36. The minimum atomic E-state index is 0.140. The monoisotopic (exact) mass is 239 g/mol. The van der Waals surface area contributed by atoms with Crippen LogP contribution < -0.4 is 10.1 Å². The number of rotatable bonds is 7. The minimum Gasteiger partial charge on any atom is -0.478 e. The van der Waals surface area contributed by atoms with E-state index < -0.39 is 0 Å². The molecule has 0 amide bonds. The minimum absolute atomic E-state index is 0.140. The molecule has 1 unspecified atom stereocenters. The van der Waals surface area contributed by atoms with Crippen LogP contribution in [0.1, 0.15) is 32.4 Å². The Morgan fingerprint density at radius 3 is 2.88 bits per heavy atom. The number of aryl methyl sites for hydroxylation is 1. The number of hydrogen-bond acceptors (Lipinski definition) is 5. The number of anilines is 1. The fourth-order valence-corrected chi connectivity index (χ4v) is 1.37. The van der Waals surface area contributed by atoms with E-state index in [4.69, 9.17) is 9.84 Å². The zero-order valence-electron chi connectivity index (χ0n) is 10.7. The van der Waals surface area contributed by atoms with Crippen molar-refractivity contribution in [1.29, 1.82) is 0 Å². The highest BCUT2D eigenvalue weighted by Gasteiger charge is 2.06. The summed E-state index contributed by atoms with van der Waals surface area (Å²) in [5, 5.41) is 12.0. The Morgan fingerprint density at radius 1 is 1.47 bits per heavy atom. The van der Waals surface area contributed by atoms with Gasteiger partial charge in [0.25, 0.3) is 0 Å². The maximum absolute atomic E-state index is 8.83. The summed E-state index contributed by atoms with van der Waals surface area (Å²) in [5.41, 5.74) is 0.866. The lowest BCUT2D eigenvalue weighted by Gasteiger charge is -2.13. The molecule has 1 atom stereocenters. The van der Waals surface area contributed by atoms with Gasteiger partial charge in [0.15, 0.2) is 0 Å². The topological polar surface area (TPSA) is 67.3 Å². The lowest BCUT2D eigenvalue weighted by atomic mass is 10.2. The average Bonchev–Trinajstić information content (AvgIpc) is 2.25. The van der Waals surface area contributed by atoms with Gasteiger partial charge in [-0.25, -0.2) is 4.98 Å². The van der Waals surface area contributed by atoms with E-state index in [0.29, 0.717) is 24.9 Å². The van der Waals surface area contributed by atoms with Gasteiger partial charge in [0.05, 0.1) is 6.61 Å². The van der Waals surface area contributed by atoms with Gasteiger partial charge in [0.1, 0.15) is 0 Å². The molecule has 0 aliphatic carbocycles. The molecule has 0 aliphatic rings. The van der Waals surface area contributed by atoms with E-state index in [-0.39, 0.29) is 12.6 Å². The van der Waals surface area contributed by atoms with Crippen molar-refractivity contribution in [2.75, 3.05) is 18.5 Å². The Balaban J connectivity index is 2.67. The summed E-state index contributed by atoms with van der Waals surface area (Å²) in [6.07, 6.45) is 1.62. The number of nitrogens with one attached hydrogen (secondary N) is 1. The highest BCUT2D eigenvalue weighted by Crippen LogP contribution is 2.13. The first-order valence-corrected chi connectivity index (χ1v) is 6.01. The lowest BCUT2D eigenvalue weighted by molar-refractivity contribution is 0.281. The van der Waals surface area contributed by atoms with Gasteiger partial charge >= 0.3 is 0 Å². The molecule has 0 saturated carbocycles. The second kappa shape index (κ2) is 7.06. The zero-order chi connectivity index (χ0) is 12.7. The number of nitrogens with zero attached hydrogens (tertiary/aromatic N) is 2. The molecule has 17 heavy (non-hydrogen) atoms. The molecular formula is C12H21N3O2. The molecule has 1 aromatic rings. The van der Waals surface area contributed by atoms with Crippen LogP contribution in [0.25, 0.3) is 0 Å². The lowest BCUT2D eigenvalue weighted by Crippen LogP contribution is -2.18. The molecule has 0 aliphatic heterocycles. The molecule has 0 spiro atoms. The van der Waals surface area contributed by atoms with Crippen LogP contribution in [0, 0.1) is 6.92 Å². The van der Waals surface area contributed by atoms with Crippen molar-refractivity contribution < 1.29 is 9.84 Å². The molecule has 1 heterocycles. The van der Waals surface area contributed by atoms with Crippen LogP contribution in [0.3, 0.4) is 0 Å². The van der Waals surface area contributed by atoms with E-state index in [1.54, 1.807) is 0 Å². The van der Waals surface area contributed by atoms with Crippen LogP contribution in [0.5, 0.6) is 5.88 Å². The van der Waals surface area contributed by atoms with Crippen molar-refractivity contribution in [2.24, 2.45) is 0 Å². The molecular weight excluding hydrogens is 218 g/mol. The van der Waals surface area contributed by atoms with Crippen molar-refractivity contribution in [3.63, 3.8) is 0 Å². The third-order valence-corrected chi connectivity index (χ3v) is 2.22. The fourth-order valence-electron chi connectivity index (χ4n) is 1.37. The Labute approximate surface area is 102 Å². The number of hydrogen-bond donors (Lipinski definition) is 2. The first kappa shape index (κ1) is 13.7. The molecule has 0 aromatic carbocycles. The highest BCUT2D eigenvalue weighted by molar-refractivity contribution is 5.31. The summed E-state index contributed by atoms with van der Waals surface area (Å²) in [6.45, 7) is 6.74. The van der Waals surface area contributed by atoms with Crippen LogP contribution in [0.2, 0.25) is 0 Å². The number of ether oxygens (including phenoxy) is 1. The van der Waals surface area contributed by atoms with Gasteiger partial charge in [-0.1, -0.05) is 6.92 Å². The van der Waals surface area contributed by atoms with E-state index in [1.165, 1.54) is 0 Å². The number of aliphatic hydroxyl groups is 1. The summed E-state index contributed by atoms with van der Waals surface area (Å²) in [7, 11) is 0. The van der Waals surface area contributed by atoms with Crippen LogP contribution in [0.15, 0.2) is 6.07 Å². The molecule has 2 N–H and O–H groups in total. The van der Waals surface area contributed by atoms with Gasteiger partial charge in [-0.15, -0.1) is 0 Å². The molecule has 5 nitrogen and oxygen atoms in total. The van der Waals surface area contributed by atoms with Gasteiger partial charge in [-0.3, -0.25) is 0 Å². The third-order valence-electron chi connectivity index (χ3n) is 2.22. The van der Waals surface area contributed by atoms with E-state index in [2.05, 4.69) is 22.2 Å². The molecule has 1 rings (SSSR count). The third kappa shape index (κ3) is 4.99. The van der Waals surface area contributed by atoms with Crippen molar-refractivity contribution in [3.05, 3.63) is 11.8 Å². The summed E-state index contributed by atoms with van der Waals surface area (Å²) >= 11 is 0. The second-order valence-corrected chi connectivity index (χ2v) is 4.08. The molecule has 5 heteroatoms. The Bertz CT molecular complexity index is 345. The smallest absolute Gasteiger partial charge is 0.226 e. The van der Waals surface area contributed by atoms with Crippen LogP contribution in [-0.2, 0) is 0 Å². The molecule has 0 fully saturated rings. The quantitative estimate of drug-likeness (QED) is 0.759. The number of aliphatic hydroxyl groups excluding tert-OH is 1. The maximum Gasteiger partial charge on any atom is 0.226 e. The Morgan fingerprint density at radius 2 is 2.24 bits per heavy atom. The fraction of sp³-hybridized carbons (Fsp3) is 0.667. The van der Waals surface area contributed by atoms with Crippen molar-refractivity contribution in [3.8, 4) is 5.88 Å². The summed E-state index contributed by atoms with van der Waals surface area (Å²) < 4.78 is 5.48. The van der Waals surface area contributed by atoms with E-state index in [9.17, 15) is 0 Å². The van der Waals surface area contributed by atoms with Gasteiger partial charge < -0.3 is 15.2 Å². The summed E-state index contributed by atoms with van der Waals surface area (Å²) in [6, 6.07) is 1.96. The first-order chi connectivity index (χ1) is 8.15. The van der Waals surface area contributed by atoms with Gasteiger partial charge in [0.2, 0.25) is 11.8 Å². The van der Waals surface area contributed by atoms with Crippen LogP contribution >= 0.6 is 0 Å². The summed E-state index contributed by atoms with van der Waals surface area (Å²) in [4.78, 5) is 8.55. The average molecular weight is 239 g/mol. The van der Waals surface area contributed by atoms with E-state index in [1.807, 2.05) is 19.9 Å². The predicted octanol–water partition coefficient (Wildman–Crippen LogP) is 1.76. The van der Waals surface area contributed by atoms with Crippen molar-refractivity contribution in [2.45, 2.75) is 39.7 Å². The summed E-state index contributed by atoms with van der Waals surface area (Å²) in [5.74, 6) is 1.15. The normalized spacial score (nSPS) is 12.2. The molecule has 96 valence electrons. The van der Waals surface area contributed by atoms with Crippen molar-refractivity contribution >= 4 is 5.95 Å². The maximum atomic E-state index is 8.83. The van der Waals surface area contributed by atoms with Gasteiger partial charge in [0, 0.05) is 24.4 Å². The Kier molecular flexibility index (Phi) is 5.69. The zero-order valence-corrected chi connectivity index (χ0v) is 10.7. The van der Waals surface area contributed by atoms with Crippen molar-refractivity contribution in [1.82, 2.24) is 9.97 Å². The second-order valence-electron chi connectivity index (χ2n) is 4.08. The highest BCUT2D eigenvalue weighted by atomic mass is 16.5. The number of aromatic nitrogens is 2. The van der Waals surface area contributed by atoms with Crippen LogP contribution in [-0.4, -0.2) is 34.3 Å². The molecule has 0 radical (unpaired) electrons. The van der Waals surface area contributed by atoms with E-state index in [0.717, 1.165) is 12.1 Å². The van der Waals surface area contributed by atoms with Crippen LogP contribution in [0.4, 0.5) is 5.95 Å². The standard InChI is InChI=1S/C12H21N3O2/c1-4-7-17-11-8-10(3)14-12(15-11)13-9(2)5-6-16/h8-9,16H,4-7H2,1-3H3,(H,13,14,15). The van der Waals surface area contributed by atoms with Gasteiger partial charge in [-0.2, -0.15) is 4.98 Å². The SMILES string of the molecule is CCCOc1cc(C)nc(NC(C)CCO)n1. The predicted molar refractivity (Wildman–Crippen MR) is 67.3 cm³/mol. The molecule has 1 aromatic heterocycles. The van der Waals surface area contributed by atoms with Gasteiger partial charge in [-0.05, 0) is 26.7 Å². The van der Waals surface area contributed by atoms with E-state index >= 15 is 0 Å². The first-order valence-electron chi connectivity index (χ1n) is 6.01.